The average molecular weight is 469 g/mol. The number of hydrogen-bond donors (Lipinski definition) is 2. The molecular formula is C23H24N4O3S2. The fraction of sp³-hybridized carbons (Fsp3) is 0.304. The summed E-state index contributed by atoms with van der Waals surface area (Å²) < 4.78 is 0. The smallest absolute Gasteiger partial charge is 0.231 e. The van der Waals surface area contributed by atoms with Crippen LogP contribution in [0.15, 0.2) is 53.2 Å². The molecule has 1 aliphatic heterocycles. The van der Waals surface area contributed by atoms with E-state index < -0.39 is 0 Å². The molecule has 0 saturated carbocycles. The molecule has 0 aliphatic carbocycles. The molecule has 0 bridgehead atoms. The lowest BCUT2D eigenvalue weighted by atomic mass is 9.95. The van der Waals surface area contributed by atoms with Gasteiger partial charge in [-0.25, -0.2) is 4.98 Å². The summed E-state index contributed by atoms with van der Waals surface area (Å²) in [6, 6.07) is 13.2. The Kier molecular flexibility index (Phi) is 7.28. The molecule has 7 nitrogen and oxygen atoms in total. The van der Waals surface area contributed by atoms with Crippen molar-refractivity contribution in [1.29, 1.82) is 0 Å². The van der Waals surface area contributed by atoms with Crippen LogP contribution in [-0.2, 0) is 27.2 Å². The first-order chi connectivity index (χ1) is 15.6. The summed E-state index contributed by atoms with van der Waals surface area (Å²) in [7, 11) is 0. The first-order valence-electron chi connectivity index (χ1n) is 10.5. The van der Waals surface area contributed by atoms with Crippen LogP contribution in [0.5, 0.6) is 0 Å². The van der Waals surface area contributed by atoms with Crippen molar-refractivity contribution in [1.82, 2.24) is 9.88 Å². The van der Waals surface area contributed by atoms with Gasteiger partial charge in [0.15, 0.2) is 5.13 Å². The van der Waals surface area contributed by atoms with Crippen molar-refractivity contribution in [2.75, 3.05) is 23.7 Å². The number of amides is 3. The summed E-state index contributed by atoms with van der Waals surface area (Å²) in [4.78, 5) is 44.4. The van der Waals surface area contributed by atoms with Gasteiger partial charge in [0.05, 0.1) is 18.5 Å². The Hall–Kier alpha value is -3.04. The lowest BCUT2D eigenvalue weighted by Gasteiger charge is -2.31. The highest BCUT2D eigenvalue weighted by Crippen LogP contribution is 2.22. The number of thiazole rings is 1. The first kappa shape index (κ1) is 22.2. The first-order valence-corrected chi connectivity index (χ1v) is 12.2. The Morgan fingerprint density at radius 2 is 1.75 bits per heavy atom. The lowest BCUT2D eigenvalue weighted by molar-refractivity contribution is -0.133. The molecule has 0 atom stereocenters. The Bertz CT molecular complexity index is 1060. The standard InChI is InChI=1S/C23H24N4O3S2/c28-20(14-19-7-4-12-31-19)26-23-25-18(15-32-23)13-21(29)27-10-8-16(9-11-27)22(30)24-17-5-2-1-3-6-17/h1-7,12,15-16H,8-11,13-14H2,(H,24,30)(H,25,26,28). The number of benzene rings is 1. The zero-order valence-electron chi connectivity index (χ0n) is 17.5. The Morgan fingerprint density at radius 1 is 0.969 bits per heavy atom. The van der Waals surface area contributed by atoms with Gasteiger partial charge in [-0.1, -0.05) is 24.3 Å². The molecule has 1 fully saturated rings. The summed E-state index contributed by atoms with van der Waals surface area (Å²) >= 11 is 2.86. The number of likely N-dealkylation sites (tertiary alicyclic amines) is 1. The molecule has 1 saturated heterocycles. The topological polar surface area (TPSA) is 91.4 Å². The minimum atomic E-state index is -0.115. The normalized spacial score (nSPS) is 14.2. The fourth-order valence-electron chi connectivity index (χ4n) is 3.60. The Balaban J connectivity index is 1.22. The van der Waals surface area contributed by atoms with Crippen molar-refractivity contribution >= 4 is 51.2 Å². The van der Waals surface area contributed by atoms with Crippen molar-refractivity contribution in [3.05, 3.63) is 63.8 Å². The van der Waals surface area contributed by atoms with E-state index in [1.807, 2.05) is 47.8 Å². The van der Waals surface area contributed by atoms with Crippen molar-refractivity contribution < 1.29 is 14.4 Å². The van der Waals surface area contributed by atoms with Crippen LogP contribution in [0.3, 0.4) is 0 Å². The number of thiophene rings is 1. The van der Waals surface area contributed by atoms with Gasteiger partial charge in [-0.2, -0.15) is 0 Å². The Morgan fingerprint density at radius 3 is 2.47 bits per heavy atom. The summed E-state index contributed by atoms with van der Waals surface area (Å²) in [6.45, 7) is 1.11. The third-order valence-electron chi connectivity index (χ3n) is 5.31. The average Bonchev–Trinajstić information content (AvgIpc) is 3.46. The number of aromatic nitrogens is 1. The molecule has 1 aliphatic rings. The van der Waals surface area contributed by atoms with E-state index >= 15 is 0 Å². The molecule has 166 valence electrons. The van der Waals surface area contributed by atoms with Crippen molar-refractivity contribution in [2.45, 2.75) is 25.7 Å². The van der Waals surface area contributed by atoms with Gasteiger partial charge in [0.25, 0.3) is 0 Å². The minimum absolute atomic E-state index is 0.00531. The second-order valence-corrected chi connectivity index (χ2v) is 9.53. The summed E-state index contributed by atoms with van der Waals surface area (Å²) in [6.07, 6.45) is 1.80. The second-order valence-electron chi connectivity index (χ2n) is 7.64. The molecule has 1 aromatic carbocycles. The number of hydrogen-bond acceptors (Lipinski definition) is 6. The monoisotopic (exact) mass is 468 g/mol. The number of anilines is 2. The van der Waals surface area contributed by atoms with Crippen LogP contribution in [0.4, 0.5) is 10.8 Å². The molecule has 3 heterocycles. The maximum Gasteiger partial charge on any atom is 0.231 e. The Labute approximate surface area is 194 Å². The van der Waals surface area contributed by atoms with Crippen LogP contribution in [0, 0.1) is 5.92 Å². The molecule has 0 radical (unpaired) electrons. The molecule has 0 unspecified atom stereocenters. The van der Waals surface area contributed by atoms with Crippen LogP contribution < -0.4 is 10.6 Å². The molecule has 3 amide bonds. The van der Waals surface area contributed by atoms with Crippen LogP contribution in [0.1, 0.15) is 23.4 Å². The minimum Gasteiger partial charge on any atom is -0.342 e. The number of piperidine rings is 1. The van der Waals surface area contributed by atoms with E-state index in [9.17, 15) is 14.4 Å². The maximum absolute atomic E-state index is 12.7. The highest BCUT2D eigenvalue weighted by atomic mass is 32.1. The van der Waals surface area contributed by atoms with Crippen LogP contribution >= 0.6 is 22.7 Å². The van der Waals surface area contributed by atoms with Crippen molar-refractivity contribution in [3.63, 3.8) is 0 Å². The largest absolute Gasteiger partial charge is 0.342 e. The van der Waals surface area contributed by atoms with E-state index in [2.05, 4.69) is 15.6 Å². The summed E-state index contributed by atoms with van der Waals surface area (Å²) in [5.74, 6) is -0.210. The molecule has 2 N–H and O–H groups in total. The molecule has 9 heteroatoms. The molecule has 0 spiro atoms. The van der Waals surface area contributed by atoms with Crippen LogP contribution in [-0.4, -0.2) is 40.7 Å². The fourth-order valence-corrected chi connectivity index (χ4v) is 5.03. The van der Waals surface area contributed by atoms with E-state index in [0.717, 1.165) is 10.6 Å². The van der Waals surface area contributed by atoms with Gasteiger partial charge >= 0.3 is 0 Å². The van der Waals surface area contributed by atoms with Crippen LogP contribution in [0.25, 0.3) is 0 Å². The highest BCUT2D eigenvalue weighted by molar-refractivity contribution is 7.14. The second kappa shape index (κ2) is 10.5. The lowest BCUT2D eigenvalue weighted by Crippen LogP contribution is -2.42. The molecule has 3 aromatic rings. The van der Waals surface area contributed by atoms with E-state index in [-0.39, 0.29) is 30.1 Å². The third-order valence-corrected chi connectivity index (χ3v) is 6.99. The van der Waals surface area contributed by atoms with Gasteiger partial charge in [-0.3, -0.25) is 14.4 Å². The zero-order chi connectivity index (χ0) is 22.3. The third kappa shape index (κ3) is 6.02. The van der Waals surface area contributed by atoms with Gasteiger partial charge < -0.3 is 15.5 Å². The molecule has 4 rings (SSSR count). The molecule has 32 heavy (non-hydrogen) atoms. The van der Waals surface area contributed by atoms with Gasteiger partial charge in [0.1, 0.15) is 0 Å². The predicted molar refractivity (Wildman–Crippen MR) is 127 cm³/mol. The number of carbonyl (C=O) groups excluding carboxylic acids is 3. The van der Waals surface area contributed by atoms with E-state index in [4.69, 9.17) is 0 Å². The SMILES string of the molecule is O=C(Cc1cccs1)Nc1nc(CC(=O)N2CCC(C(=O)Nc3ccccc3)CC2)cs1. The summed E-state index contributed by atoms with van der Waals surface area (Å²) in [5, 5.41) is 9.99. The summed E-state index contributed by atoms with van der Waals surface area (Å²) in [5.41, 5.74) is 1.44. The zero-order valence-corrected chi connectivity index (χ0v) is 19.1. The highest BCUT2D eigenvalue weighted by Gasteiger charge is 2.27. The van der Waals surface area contributed by atoms with Crippen molar-refractivity contribution in [2.24, 2.45) is 5.92 Å². The number of nitrogens with zero attached hydrogens (tertiary/aromatic N) is 2. The van der Waals surface area contributed by atoms with E-state index in [1.165, 1.54) is 11.3 Å². The van der Waals surface area contributed by atoms with E-state index in [0.29, 0.717) is 43.2 Å². The number of nitrogens with one attached hydrogen (secondary N) is 2. The number of carbonyl (C=O) groups is 3. The van der Waals surface area contributed by atoms with Gasteiger partial charge in [-0.05, 0) is 36.4 Å². The predicted octanol–water partition coefficient (Wildman–Crippen LogP) is 3.81. The van der Waals surface area contributed by atoms with Gasteiger partial charge in [0.2, 0.25) is 17.7 Å². The number of para-hydroxylation sites is 1. The van der Waals surface area contributed by atoms with E-state index in [1.54, 1.807) is 21.6 Å². The van der Waals surface area contributed by atoms with Gasteiger partial charge in [-0.15, -0.1) is 22.7 Å². The number of rotatable bonds is 7. The van der Waals surface area contributed by atoms with Crippen LogP contribution in [0.2, 0.25) is 0 Å². The van der Waals surface area contributed by atoms with Gasteiger partial charge in [0, 0.05) is 35.0 Å². The maximum atomic E-state index is 12.7. The quantitative estimate of drug-likeness (QED) is 0.552. The molecular weight excluding hydrogens is 444 g/mol. The van der Waals surface area contributed by atoms with Crippen molar-refractivity contribution in [3.8, 4) is 0 Å². The molecule has 2 aromatic heterocycles.